The fourth-order valence-electron chi connectivity index (χ4n) is 1.74. The van der Waals surface area contributed by atoms with E-state index >= 15 is 0 Å². The van der Waals surface area contributed by atoms with Crippen molar-refractivity contribution in [3.8, 4) is 0 Å². The molecule has 7 heteroatoms. The van der Waals surface area contributed by atoms with Crippen molar-refractivity contribution < 1.29 is 71.6 Å². The fourth-order valence-corrected chi connectivity index (χ4v) is 1.74. The van der Waals surface area contributed by atoms with Crippen molar-refractivity contribution in [2.75, 3.05) is 0 Å². The Labute approximate surface area is 191 Å². The van der Waals surface area contributed by atoms with Gasteiger partial charge in [-0.2, -0.15) is 0 Å². The van der Waals surface area contributed by atoms with Gasteiger partial charge in [0.05, 0.1) is 0 Å². The van der Waals surface area contributed by atoms with Crippen molar-refractivity contribution in [3.05, 3.63) is 83.9 Å². The van der Waals surface area contributed by atoms with Gasteiger partial charge in [-0.3, -0.25) is 9.59 Å². The molecule has 27 heavy (non-hydrogen) atoms. The van der Waals surface area contributed by atoms with Gasteiger partial charge in [-0.05, 0) is 37.1 Å². The van der Waals surface area contributed by atoms with Gasteiger partial charge in [0, 0.05) is 0 Å². The molecule has 2 aromatic rings. The minimum atomic E-state index is -0.233. The normalized spacial score (nSPS) is 10.0. The second kappa shape index (κ2) is 16.3. The Morgan fingerprint density at radius 2 is 0.963 bits per heavy atom. The van der Waals surface area contributed by atoms with E-state index in [0.717, 1.165) is 12.2 Å². The van der Waals surface area contributed by atoms with Gasteiger partial charge in [0.25, 0.3) is 0 Å². The van der Waals surface area contributed by atoms with Crippen LogP contribution in [0.4, 0.5) is 0 Å². The Morgan fingerprint density at radius 3 is 1.19 bits per heavy atom. The Balaban J connectivity index is -0.000000384. The molecular weight excluding hydrogens is 480 g/mol. The molecule has 0 heterocycles. The van der Waals surface area contributed by atoms with Gasteiger partial charge < -0.3 is 21.2 Å². The molecule has 0 saturated heterocycles. The van der Waals surface area contributed by atoms with Crippen molar-refractivity contribution >= 4 is 23.1 Å². The van der Waals surface area contributed by atoms with Crippen molar-refractivity contribution in [1.29, 1.82) is 0 Å². The maximum atomic E-state index is 11.2. The molecule has 0 aliphatic rings. The topological polar surface area (TPSA) is 142 Å². The Hall–Kier alpha value is -1.87. The van der Waals surface area contributed by atoms with E-state index < -0.39 is 0 Å². The fraction of sp³-hybridized carbons (Fsp3) is 0.100. The van der Waals surface area contributed by atoms with Crippen molar-refractivity contribution in [3.63, 3.8) is 0 Å². The first-order chi connectivity index (χ1) is 11.4. The summed E-state index contributed by atoms with van der Waals surface area (Å²) in [7, 11) is 0. The molecule has 0 saturated carbocycles. The number of hydrogen-bond donors (Lipinski definition) is 0. The van der Waals surface area contributed by atoms with E-state index in [-0.39, 0.29) is 74.9 Å². The van der Waals surface area contributed by atoms with E-state index in [9.17, 15) is 19.8 Å². The summed E-state index contributed by atoms with van der Waals surface area (Å²) in [6.45, 7) is 2.72. The Kier molecular flexibility index (Phi) is 18.1. The summed E-state index contributed by atoms with van der Waals surface area (Å²) in [5.74, 6) is -0.904. The molecule has 0 unspecified atom stereocenters. The third-order valence-corrected chi connectivity index (χ3v) is 2.79. The van der Waals surface area contributed by atoms with Crippen LogP contribution in [0.1, 0.15) is 25.0 Å². The summed E-state index contributed by atoms with van der Waals surface area (Å²) in [5, 5.41) is 22.4. The maximum Gasteiger partial charge on any atom is 3.00 e. The maximum absolute atomic E-state index is 11.2. The number of allylic oxidation sites excluding steroid dienone is 2. The van der Waals surface area contributed by atoms with Gasteiger partial charge in [0.15, 0.2) is 11.6 Å². The largest absolute Gasteiger partial charge is 3.00 e. The molecule has 1 radical (unpaired) electrons. The summed E-state index contributed by atoms with van der Waals surface area (Å²) in [6.07, 6.45) is 2.19. The zero-order valence-electron chi connectivity index (χ0n) is 15.0. The molecule has 0 atom stereocenters. The van der Waals surface area contributed by atoms with E-state index in [1.165, 1.54) is 13.8 Å². The molecule has 141 valence electrons. The van der Waals surface area contributed by atoms with Crippen LogP contribution in [-0.2, 0) is 9.59 Å². The quantitative estimate of drug-likeness (QED) is 0.453. The minimum Gasteiger partial charge on any atom is -0.872 e. The first kappa shape index (κ1) is 29.9. The van der Waals surface area contributed by atoms with Crippen LogP contribution in [0.5, 0.6) is 0 Å². The molecule has 0 fully saturated rings. The number of carbonyl (C=O) groups excluding carboxylic acids is 2. The van der Waals surface area contributed by atoms with E-state index in [4.69, 9.17) is 0 Å². The number of ketones is 2. The predicted molar refractivity (Wildman–Crippen MR) is 95.7 cm³/mol. The van der Waals surface area contributed by atoms with E-state index in [0.29, 0.717) is 11.1 Å². The van der Waals surface area contributed by atoms with E-state index in [1.807, 2.05) is 12.1 Å². The molecule has 0 aliphatic heterocycles. The van der Waals surface area contributed by atoms with Crippen LogP contribution >= 0.6 is 0 Å². The average Bonchev–Trinajstić information content (AvgIpc) is 2.56. The first-order valence-electron chi connectivity index (χ1n) is 7.29. The van der Waals surface area contributed by atoms with Crippen LogP contribution in [0, 0.1) is 40.8 Å². The van der Waals surface area contributed by atoms with Crippen LogP contribution in [0.3, 0.4) is 0 Å². The zero-order chi connectivity index (χ0) is 17.9. The van der Waals surface area contributed by atoms with Crippen molar-refractivity contribution in [2.24, 2.45) is 0 Å². The van der Waals surface area contributed by atoms with E-state index in [2.05, 4.69) is 0 Å². The van der Waals surface area contributed by atoms with Gasteiger partial charge in [0.2, 0.25) is 0 Å². The SMILES string of the molecule is CC(=O)/C=C(\[O-])c1ccccc1.CC(=O)/C=C(\[O-])c1ccccc1.O.[Nd+3].[OH-]. The summed E-state index contributed by atoms with van der Waals surface area (Å²) < 4.78 is 0. The van der Waals surface area contributed by atoms with Crippen LogP contribution in [0.25, 0.3) is 11.5 Å². The molecule has 0 aliphatic carbocycles. The third kappa shape index (κ3) is 13.0. The molecule has 3 N–H and O–H groups in total. The standard InChI is InChI=1S/2C10H10O2.Nd.2H2O/c2*1-8(11)7-10(12)9-5-3-2-4-6-9;;;/h2*2-7,12H,1H3;;2*1H2/q;;+3;;/p-3/b2*10-7-;;;. The second-order valence-electron chi connectivity index (χ2n) is 4.97. The Bertz CT molecular complexity index is 674. The van der Waals surface area contributed by atoms with Crippen LogP contribution in [0.15, 0.2) is 72.8 Å². The van der Waals surface area contributed by atoms with Crippen LogP contribution in [-0.4, -0.2) is 22.5 Å². The zero-order valence-corrected chi connectivity index (χ0v) is 18.2. The number of hydrogen-bond acceptors (Lipinski definition) is 5. The number of benzene rings is 2. The van der Waals surface area contributed by atoms with Crippen LogP contribution in [0.2, 0.25) is 0 Å². The molecule has 6 nitrogen and oxygen atoms in total. The molecule has 0 amide bonds. The second-order valence-corrected chi connectivity index (χ2v) is 4.97. The summed E-state index contributed by atoms with van der Waals surface area (Å²) in [4.78, 5) is 21.1. The van der Waals surface area contributed by atoms with Crippen molar-refractivity contribution in [2.45, 2.75) is 13.8 Å². The molecular formula is C20H21NdO6. The first-order valence-corrected chi connectivity index (χ1v) is 7.29. The van der Waals surface area contributed by atoms with Crippen LogP contribution < -0.4 is 10.2 Å². The molecule has 0 aromatic heterocycles. The molecule has 2 aromatic carbocycles. The van der Waals surface area contributed by atoms with Crippen molar-refractivity contribution in [1.82, 2.24) is 0 Å². The molecule has 0 spiro atoms. The predicted octanol–water partition coefficient (Wildman–Crippen LogP) is 0.952. The monoisotopic (exact) mass is 499 g/mol. The van der Waals surface area contributed by atoms with E-state index in [1.54, 1.807) is 48.5 Å². The minimum absolute atomic E-state index is 0. The van der Waals surface area contributed by atoms with Gasteiger partial charge in [-0.15, -0.1) is 0 Å². The smallest absolute Gasteiger partial charge is 0.872 e. The van der Waals surface area contributed by atoms with Gasteiger partial charge in [0.1, 0.15) is 0 Å². The van der Waals surface area contributed by atoms with Gasteiger partial charge in [-0.1, -0.05) is 72.2 Å². The Morgan fingerprint density at radius 1 is 0.704 bits per heavy atom. The van der Waals surface area contributed by atoms with Gasteiger partial charge >= 0.3 is 40.8 Å². The molecule has 0 bridgehead atoms. The number of carbonyl (C=O) groups is 2. The summed E-state index contributed by atoms with van der Waals surface area (Å²) in [6, 6.07) is 17.4. The number of rotatable bonds is 4. The molecule has 2 rings (SSSR count). The van der Waals surface area contributed by atoms with Gasteiger partial charge in [-0.25, -0.2) is 0 Å². The third-order valence-electron chi connectivity index (χ3n) is 2.79. The average molecular weight is 502 g/mol. The summed E-state index contributed by atoms with van der Waals surface area (Å²) >= 11 is 0. The summed E-state index contributed by atoms with van der Waals surface area (Å²) in [5.41, 5.74) is 1.10.